The Morgan fingerprint density at radius 3 is 2.55 bits per heavy atom. The van der Waals surface area contributed by atoms with Gasteiger partial charge in [0.15, 0.2) is 0 Å². The number of benzene rings is 1. The number of rotatable bonds is 7. The van der Waals surface area contributed by atoms with Crippen LogP contribution in [0.1, 0.15) is 50.6 Å². The second-order valence-corrected chi connectivity index (χ2v) is 5.70. The highest BCUT2D eigenvalue weighted by molar-refractivity contribution is 5.85. The molecule has 124 valence electrons. The molecule has 0 saturated heterocycles. The maximum Gasteiger partial charge on any atom is 0.249 e. The van der Waals surface area contributed by atoms with Crippen LogP contribution < -0.4 is 11.1 Å². The van der Waals surface area contributed by atoms with Gasteiger partial charge in [0.25, 0.3) is 0 Å². The zero-order chi connectivity index (χ0) is 15.1. The number of nitrogens with one attached hydrogen (secondary N) is 1. The summed E-state index contributed by atoms with van der Waals surface area (Å²) in [4.78, 5) is 12.2. The van der Waals surface area contributed by atoms with Crippen LogP contribution in [-0.4, -0.2) is 24.7 Å². The highest BCUT2D eigenvalue weighted by atomic mass is 35.5. The maximum atomic E-state index is 12.2. The second kappa shape index (κ2) is 9.82. The largest absolute Gasteiger partial charge is 0.365 e. The Morgan fingerprint density at radius 2 is 1.95 bits per heavy atom. The fourth-order valence-electron chi connectivity index (χ4n) is 2.74. The summed E-state index contributed by atoms with van der Waals surface area (Å²) < 4.78 is 5.91. The van der Waals surface area contributed by atoms with Crippen LogP contribution >= 0.6 is 12.4 Å². The third-order valence-electron chi connectivity index (χ3n) is 4.05. The van der Waals surface area contributed by atoms with Crippen molar-refractivity contribution in [2.24, 2.45) is 5.73 Å². The molecule has 2 unspecified atom stereocenters. The van der Waals surface area contributed by atoms with Crippen LogP contribution in [0.2, 0.25) is 0 Å². The van der Waals surface area contributed by atoms with Crippen molar-refractivity contribution in [3.8, 4) is 0 Å². The molecular formula is C17H27ClN2O2. The molecule has 4 nitrogen and oxygen atoms in total. The quantitative estimate of drug-likeness (QED) is 0.809. The molecule has 1 amide bonds. The third-order valence-corrected chi connectivity index (χ3v) is 4.05. The highest BCUT2D eigenvalue weighted by Gasteiger charge is 2.24. The Balaban J connectivity index is 0.00000242. The van der Waals surface area contributed by atoms with E-state index in [0.29, 0.717) is 13.0 Å². The van der Waals surface area contributed by atoms with Gasteiger partial charge >= 0.3 is 0 Å². The minimum atomic E-state index is -0.351. The zero-order valence-corrected chi connectivity index (χ0v) is 14.0. The number of amides is 1. The van der Waals surface area contributed by atoms with Gasteiger partial charge in [0.05, 0.1) is 6.10 Å². The first kappa shape index (κ1) is 18.9. The van der Waals surface area contributed by atoms with Crippen molar-refractivity contribution < 1.29 is 9.53 Å². The van der Waals surface area contributed by atoms with Gasteiger partial charge in [-0.2, -0.15) is 0 Å². The van der Waals surface area contributed by atoms with Gasteiger partial charge in [-0.1, -0.05) is 50.1 Å². The number of hydrogen-bond acceptors (Lipinski definition) is 3. The Hall–Kier alpha value is -1.10. The number of halogens is 1. The minimum absolute atomic E-state index is 0. The standard InChI is InChI=1S/C17H26N2O2.ClH/c1-2-16(21-14-10-6-7-11-14)17(20)19-12-15(18)13-8-4-3-5-9-13;/h3-5,8-9,14-16H,2,6-7,10-12,18H2,1H3,(H,19,20);1H. The van der Waals surface area contributed by atoms with Crippen LogP contribution in [0, 0.1) is 0 Å². The van der Waals surface area contributed by atoms with Gasteiger partial charge in [-0.25, -0.2) is 0 Å². The summed E-state index contributed by atoms with van der Waals surface area (Å²) in [5.74, 6) is -0.0456. The average Bonchev–Trinajstić information content (AvgIpc) is 3.03. The molecule has 3 N–H and O–H groups in total. The monoisotopic (exact) mass is 326 g/mol. The smallest absolute Gasteiger partial charge is 0.249 e. The molecule has 0 aromatic heterocycles. The minimum Gasteiger partial charge on any atom is -0.365 e. The van der Waals surface area contributed by atoms with E-state index in [1.807, 2.05) is 37.3 Å². The number of hydrogen-bond donors (Lipinski definition) is 2. The molecule has 1 saturated carbocycles. The lowest BCUT2D eigenvalue weighted by Gasteiger charge is -2.21. The zero-order valence-electron chi connectivity index (χ0n) is 13.2. The van der Waals surface area contributed by atoms with Crippen molar-refractivity contribution in [3.05, 3.63) is 35.9 Å². The summed E-state index contributed by atoms with van der Waals surface area (Å²) in [7, 11) is 0. The van der Waals surface area contributed by atoms with Crippen LogP contribution in [0.5, 0.6) is 0 Å². The van der Waals surface area contributed by atoms with Gasteiger partial charge in [-0.3, -0.25) is 4.79 Å². The van der Waals surface area contributed by atoms with E-state index in [4.69, 9.17) is 10.5 Å². The predicted molar refractivity (Wildman–Crippen MR) is 91.0 cm³/mol. The van der Waals surface area contributed by atoms with E-state index in [2.05, 4.69) is 5.32 Å². The van der Waals surface area contributed by atoms with Crippen molar-refractivity contribution in [3.63, 3.8) is 0 Å². The summed E-state index contributed by atoms with van der Waals surface area (Å²) in [5.41, 5.74) is 7.12. The molecule has 5 heteroatoms. The number of carbonyl (C=O) groups is 1. The van der Waals surface area contributed by atoms with E-state index in [0.717, 1.165) is 18.4 Å². The average molecular weight is 327 g/mol. The number of ether oxygens (including phenoxy) is 1. The topological polar surface area (TPSA) is 64.3 Å². The van der Waals surface area contributed by atoms with Crippen LogP contribution in [0.3, 0.4) is 0 Å². The van der Waals surface area contributed by atoms with Gasteiger partial charge in [-0.05, 0) is 24.8 Å². The van der Waals surface area contributed by atoms with Crippen LogP contribution in [-0.2, 0) is 9.53 Å². The van der Waals surface area contributed by atoms with Gasteiger partial charge in [0.2, 0.25) is 5.91 Å². The first-order chi connectivity index (χ1) is 10.2. The van der Waals surface area contributed by atoms with Crippen molar-refractivity contribution in [1.29, 1.82) is 0 Å². The molecule has 22 heavy (non-hydrogen) atoms. The van der Waals surface area contributed by atoms with Crippen molar-refractivity contribution in [2.75, 3.05) is 6.54 Å². The van der Waals surface area contributed by atoms with Crippen LogP contribution in [0.25, 0.3) is 0 Å². The molecule has 0 aliphatic heterocycles. The van der Waals surface area contributed by atoms with Crippen molar-refractivity contribution >= 4 is 18.3 Å². The van der Waals surface area contributed by atoms with Gasteiger partial charge in [0, 0.05) is 12.6 Å². The Labute approximate surface area is 139 Å². The molecule has 0 heterocycles. The van der Waals surface area contributed by atoms with Crippen LogP contribution in [0.15, 0.2) is 30.3 Å². The normalized spacial score (nSPS) is 17.5. The first-order valence-electron chi connectivity index (χ1n) is 7.94. The molecule has 1 fully saturated rings. The van der Waals surface area contributed by atoms with E-state index >= 15 is 0 Å². The second-order valence-electron chi connectivity index (χ2n) is 5.70. The van der Waals surface area contributed by atoms with Crippen molar-refractivity contribution in [1.82, 2.24) is 5.32 Å². The Kier molecular flexibility index (Phi) is 8.46. The number of nitrogens with two attached hydrogens (primary N) is 1. The first-order valence-corrected chi connectivity index (χ1v) is 7.94. The molecule has 1 aromatic rings. The van der Waals surface area contributed by atoms with Crippen molar-refractivity contribution in [2.45, 2.75) is 57.3 Å². The summed E-state index contributed by atoms with van der Waals surface area (Å²) in [5, 5.41) is 2.92. The highest BCUT2D eigenvalue weighted by Crippen LogP contribution is 2.23. The number of carbonyl (C=O) groups excluding carboxylic acids is 1. The molecule has 2 atom stereocenters. The van der Waals surface area contributed by atoms with E-state index in [9.17, 15) is 4.79 Å². The lowest BCUT2D eigenvalue weighted by molar-refractivity contribution is -0.136. The predicted octanol–water partition coefficient (Wildman–Crippen LogP) is 2.96. The molecule has 2 rings (SSSR count). The summed E-state index contributed by atoms with van der Waals surface area (Å²) in [6.45, 7) is 2.42. The van der Waals surface area contributed by atoms with E-state index < -0.39 is 0 Å². The Bertz CT molecular complexity index is 436. The van der Waals surface area contributed by atoms with E-state index in [-0.39, 0.29) is 36.6 Å². The molecule has 1 aliphatic rings. The molecule has 0 spiro atoms. The SMILES string of the molecule is CCC(OC1CCCC1)C(=O)NCC(N)c1ccccc1.Cl. The fraction of sp³-hybridized carbons (Fsp3) is 0.588. The molecule has 0 radical (unpaired) electrons. The fourth-order valence-corrected chi connectivity index (χ4v) is 2.74. The molecule has 1 aromatic carbocycles. The molecule has 0 bridgehead atoms. The van der Waals surface area contributed by atoms with E-state index in [1.165, 1.54) is 12.8 Å². The third kappa shape index (κ3) is 5.59. The Morgan fingerprint density at radius 1 is 1.32 bits per heavy atom. The summed E-state index contributed by atoms with van der Waals surface area (Å²) in [6, 6.07) is 9.63. The van der Waals surface area contributed by atoms with E-state index in [1.54, 1.807) is 0 Å². The van der Waals surface area contributed by atoms with Crippen LogP contribution in [0.4, 0.5) is 0 Å². The maximum absolute atomic E-state index is 12.2. The lowest BCUT2D eigenvalue weighted by Crippen LogP contribution is -2.41. The van der Waals surface area contributed by atoms with Gasteiger partial charge in [-0.15, -0.1) is 12.4 Å². The molecule has 1 aliphatic carbocycles. The van der Waals surface area contributed by atoms with Gasteiger partial charge < -0.3 is 15.8 Å². The lowest BCUT2D eigenvalue weighted by atomic mass is 10.1. The summed E-state index contributed by atoms with van der Waals surface area (Å²) in [6.07, 6.45) is 5.17. The molecular weight excluding hydrogens is 300 g/mol. The summed E-state index contributed by atoms with van der Waals surface area (Å²) >= 11 is 0. The van der Waals surface area contributed by atoms with Gasteiger partial charge in [0.1, 0.15) is 6.10 Å².